The molecule has 0 saturated heterocycles. The zero-order valence-electron chi connectivity index (χ0n) is 16.4. The fraction of sp³-hybridized carbons (Fsp3) is 0.450. The minimum Gasteiger partial charge on any atom is -0.267 e. The van der Waals surface area contributed by atoms with Crippen LogP contribution in [0.4, 0.5) is 11.6 Å². The van der Waals surface area contributed by atoms with Crippen molar-refractivity contribution in [1.82, 2.24) is 14.1 Å². The molecule has 1 aliphatic heterocycles. The van der Waals surface area contributed by atoms with Crippen molar-refractivity contribution in [3.8, 4) is 0 Å². The van der Waals surface area contributed by atoms with Crippen molar-refractivity contribution in [1.29, 1.82) is 0 Å². The summed E-state index contributed by atoms with van der Waals surface area (Å²) in [5.41, 5.74) is 4.20. The van der Waals surface area contributed by atoms with Crippen molar-refractivity contribution >= 4 is 22.8 Å². The highest BCUT2D eigenvalue weighted by atomic mass is 16.2. The number of nitrogens with one attached hydrogen (secondary N) is 1. The van der Waals surface area contributed by atoms with Crippen LogP contribution in [0.3, 0.4) is 0 Å². The number of aromatic amines is 1. The van der Waals surface area contributed by atoms with Gasteiger partial charge in [-0.25, -0.2) is 19.2 Å². The van der Waals surface area contributed by atoms with E-state index in [9.17, 15) is 9.59 Å². The van der Waals surface area contributed by atoms with Crippen molar-refractivity contribution < 1.29 is 4.57 Å². The van der Waals surface area contributed by atoms with Gasteiger partial charge in [-0.1, -0.05) is 13.0 Å². The molecule has 0 bridgehead atoms. The van der Waals surface area contributed by atoms with Crippen LogP contribution < -0.4 is 20.7 Å². The molecule has 142 valence electrons. The van der Waals surface area contributed by atoms with Gasteiger partial charge < -0.3 is 0 Å². The van der Waals surface area contributed by atoms with E-state index in [1.807, 2.05) is 11.5 Å². The van der Waals surface area contributed by atoms with E-state index in [4.69, 9.17) is 0 Å². The maximum Gasteiger partial charge on any atom is 0.364 e. The molecule has 0 spiro atoms. The highest BCUT2D eigenvalue weighted by Gasteiger charge is 2.33. The van der Waals surface area contributed by atoms with Crippen molar-refractivity contribution in [3.63, 3.8) is 0 Å². The fourth-order valence-corrected chi connectivity index (χ4v) is 4.12. The molecule has 1 N–H and O–H groups in total. The van der Waals surface area contributed by atoms with Crippen LogP contribution in [0, 0.1) is 13.8 Å². The van der Waals surface area contributed by atoms with Crippen LogP contribution in [0.1, 0.15) is 30.9 Å². The third-order valence-corrected chi connectivity index (χ3v) is 5.27. The Labute approximate surface area is 157 Å². The SMILES string of the molecule is CCCn1c(=O)c2c([nH]c3[n+]2CCCN3c2cc(C)cc(C)c2)n(C)c1=O. The fourth-order valence-electron chi connectivity index (χ4n) is 4.12. The number of anilines is 2. The monoisotopic (exact) mass is 368 g/mol. The first-order valence-electron chi connectivity index (χ1n) is 9.53. The Balaban J connectivity index is 1.99. The Hall–Kier alpha value is -2.83. The van der Waals surface area contributed by atoms with E-state index < -0.39 is 0 Å². The second kappa shape index (κ2) is 6.40. The zero-order chi connectivity index (χ0) is 19.3. The van der Waals surface area contributed by atoms with E-state index in [0.29, 0.717) is 17.7 Å². The highest BCUT2D eigenvalue weighted by Crippen LogP contribution is 2.27. The summed E-state index contributed by atoms with van der Waals surface area (Å²) in [5, 5.41) is 0. The molecule has 7 nitrogen and oxygen atoms in total. The van der Waals surface area contributed by atoms with Crippen molar-refractivity contribution in [3.05, 3.63) is 50.2 Å². The second-order valence-electron chi connectivity index (χ2n) is 7.45. The Morgan fingerprint density at radius 2 is 1.85 bits per heavy atom. The molecule has 3 heterocycles. The van der Waals surface area contributed by atoms with E-state index in [1.54, 1.807) is 11.6 Å². The smallest absolute Gasteiger partial charge is 0.267 e. The van der Waals surface area contributed by atoms with Gasteiger partial charge in [-0.05, 0) is 43.5 Å². The molecular weight excluding hydrogens is 342 g/mol. The number of fused-ring (bicyclic) bond motifs is 3. The average molecular weight is 368 g/mol. The van der Waals surface area contributed by atoms with Crippen LogP contribution in [0.5, 0.6) is 0 Å². The number of hydrogen-bond acceptors (Lipinski definition) is 3. The van der Waals surface area contributed by atoms with Gasteiger partial charge in [0.15, 0.2) is 0 Å². The number of aromatic nitrogens is 4. The zero-order valence-corrected chi connectivity index (χ0v) is 16.4. The molecule has 1 aromatic carbocycles. The van der Waals surface area contributed by atoms with E-state index >= 15 is 0 Å². The number of benzene rings is 1. The number of nitrogens with zero attached hydrogens (tertiary/aromatic N) is 4. The van der Waals surface area contributed by atoms with Crippen LogP contribution in [-0.4, -0.2) is 20.7 Å². The van der Waals surface area contributed by atoms with Crippen molar-refractivity contribution in [2.24, 2.45) is 7.05 Å². The first-order valence-corrected chi connectivity index (χ1v) is 9.53. The first-order chi connectivity index (χ1) is 12.9. The number of H-pyrrole nitrogens is 1. The summed E-state index contributed by atoms with van der Waals surface area (Å²) in [5.74, 6) is 0.864. The summed E-state index contributed by atoms with van der Waals surface area (Å²) < 4.78 is 4.93. The van der Waals surface area contributed by atoms with Gasteiger partial charge >= 0.3 is 11.6 Å². The molecule has 0 atom stereocenters. The normalized spacial score (nSPS) is 14.0. The first kappa shape index (κ1) is 17.6. The van der Waals surface area contributed by atoms with Gasteiger partial charge in [0.05, 0.1) is 13.1 Å². The number of hydrogen-bond donors (Lipinski definition) is 1. The van der Waals surface area contributed by atoms with E-state index in [-0.39, 0.29) is 11.2 Å². The lowest BCUT2D eigenvalue weighted by atomic mass is 10.1. The van der Waals surface area contributed by atoms with E-state index in [2.05, 4.69) is 41.9 Å². The highest BCUT2D eigenvalue weighted by molar-refractivity contribution is 5.70. The molecule has 2 aromatic heterocycles. The lowest BCUT2D eigenvalue weighted by molar-refractivity contribution is -0.663. The average Bonchev–Trinajstić information content (AvgIpc) is 3.02. The molecule has 4 rings (SSSR count). The second-order valence-corrected chi connectivity index (χ2v) is 7.45. The number of rotatable bonds is 3. The van der Waals surface area contributed by atoms with Gasteiger partial charge in [0.25, 0.3) is 5.56 Å². The predicted molar refractivity (Wildman–Crippen MR) is 106 cm³/mol. The molecule has 27 heavy (non-hydrogen) atoms. The van der Waals surface area contributed by atoms with Crippen LogP contribution >= 0.6 is 0 Å². The number of aryl methyl sites for hydroxylation is 4. The van der Waals surface area contributed by atoms with E-state index in [0.717, 1.165) is 37.6 Å². The third kappa shape index (κ3) is 2.69. The van der Waals surface area contributed by atoms with Crippen LogP contribution in [-0.2, 0) is 20.1 Å². The molecule has 7 heteroatoms. The van der Waals surface area contributed by atoms with Crippen LogP contribution in [0.15, 0.2) is 27.8 Å². The van der Waals surface area contributed by atoms with Crippen LogP contribution in [0.25, 0.3) is 11.2 Å². The maximum atomic E-state index is 13.1. The summed E-state index contributed by atoms with van der Waals surface area (Å²) >= 11 is 0. The van der Waals surface area contributed by atoms with E-state index in [1.165, 1.54) is 15.7 Å². The van der Waals surface area contributed by atoms with Crippen LogP contribution in [0.2, 0.25) is 0 Å². The lowest BCUT2D eigenvalue weighted by Gasteiger charge is -2.22. The maximum absolute atomic E-state index is 13.1. The van der Waals surface area contributed by atoms with Crippen molar-refractivity contribution in [2.75, 3.05) is 11.4 Å². The van der Waals surface area contributed by atoms with Crippen molar-refractivity contribution in [2.45, 2.75) is 46.7 Å². The van der Waals surface area contributed by atoms with Gasteiger partial charge in [-0.15, -0.1) is 0 Å². The molecule has 0 saturated carbocycles. The molecule has 3 aromatic rings. The summed E-state index contributed by atoms with van der Waals surface area (Å²) in [4.78, 5) is 31.3. The number of imidazole rings is 1. The summed E-state index contributed by atoms with van der Waals surface area (Å²) in [6.45, 7) is 8.21. The molecular formula is C20H26N5O2+. The Bertz CT molecular complexity index is 1130. The third-order valence-electron chi connectivity index (χ3n) is 5.27. The molecule has 0 amide bonds. The Morgan fingerprint density at radius 3 is 2.52 bits per heavy atom. The molecule has 1 aliphatic rings. The minimum absolute atomic E-state index is 0.209. The van der Waals surface area contributed by atoms with Gasteiger partial charge in [0.2, 0.25) is 11.2 Å². The summed E-state index contributed by atoms with van der Waals surface area (Å²) in [6.07, 6.45) is 1.68. The van der Waals surface area contributed by atoms with Gasteiger partial charge in [0.1, 0.15) is 5.69 Å². The Kier molecular flexibility index (Phi) is 4.17. The minimum atomic E-state index is -0.272. The molecule has 0 aliphatic carbocycles. The lowest BCUT2D eigenvalue weighted by Crippen LogP contribution is -2.49. The summed E-state index contributed by atoms with van der Waals surface area (Å²) in [6, 6.07) is 6.46. The summed E-state index contributed by atoms with van der Waals surface area (Å²) in [7, 11) is 1.72. The molecule has 0 unspecified atom stereocenters. The quantitative estimate of drug-likeness (QED) is 0.718. The Morgan fingerprint density at radius 1 is 1.15 bits per heavy atom. The van der Waals surface area contributed by atoms with Gasteiger partial charge in [-0.3, -0.25) is 13.9 Å². The van der Waals surface area contributed by atoms with Gasteiger partial charge in [-0.2, -0.15) is 0 Å². The molecule has 0 fully saturated rings. The predicted octanol–water partition coefficient (Wildman–Crippen LogP) is 1.88. The molecule has 0 radical (unpaired) electrons. The topological polar surface area (TPSA) is 66.9 Å². The standard InChI is InChI=1S/C20H25N5O2/c1-5-7-25-18(26)16-17(22(4)20(25)27)21-19-23(8-6-9-24(16)19)15-11-13(2)10-14(3)12-15/h10-12H,5-9H2,1-4H3/p+1. The van der Waals surface area contributed by atoms with Gasteiger partial charge in [0, 0.05) is 20.0 Å². The largest absolute Gasteiger partial charge is 0.364 e.